The Kier molecular flexibility index (Phi) is 6.46. The average molecular weight is 482 g/mol. The number of thiophene rings is 1. The van der Waals surface area contributed by atoms with Gasteiger partial charge in [0.2, 0.25) is 0 Å². The van der Waals surface area contributed by atoms with Crippen LogP contribution in [0.5, 0.6) is 0 Å². The molecule has 0 aliphatic carbocycles. The number of nitrogens with one attached hydrogen (secondary N) is 2. The molecule has 142 valence electrons. The van der Waals surface area contributed by atoms with Crippen LogP contribution >= 0.6 is 57.7 Å². The van der Waals surface area contributed by atoms with Crippen molar-refractivity contribution in [1.29, 1.82) is 0 Å². The first-order valence-corrected chi connectivity index (χ1v) is 11.4. The van der Waals surface area contributed by atoms with Crippen molar-refractivity contribution in [3.05, 3.63) is 78.9 Å². The highest BCUT2D eigenvalue weighted by molar-refractivity contribution is 7.93. The summed E-state index contributed by atoms with van der Waals surface area (Å²) >= 11 is 25.1. The Morgan fingerprint density at radius 3 is 1.96 bits per heavy atom. The first-order valence-electron chi connectivity index (χ1n) is 7.48. The Balaban J connectivity index is 1.94. The minimum Gasteiger partial charge on any atom is -0.363 e. The summed E-state index contributed by atoms with van der Waals surface area (Å²) in [6.07, 6.45) is 0. The monoisotopic (exact) mass is 480 g/mol. The van der Waals surface area contributed by atoms with Crippen LogP contribution < -0.4 is 10.0 Å². The van der Waals surface area contributed by atoms with Crippen LogP contribution in [0.2, 0.25) is 20.1 Å². The first-order chi connectivity index (χ1) is 12.8. The van der Waals surface area contributed by atoms with E-state index in [-0.39, 0.29) is 5.02 Å². The predicted octanol–water partition coefficient (Wildman–Crippen LogP) is 6.91. The summed E-state index contributed by atoms with van der Waals surface area (Å²) in [5.74, 6) is 0. The lowest BCUT2D eigenvalue weighted by Crippen LogP contribution is -2.26. The molecule has 0 saturated carbocycles. The fraction of sp³-hybridized carbons (Fsp3) is 0.0588. The van der Waals surface area contributed by atoms with Crippen LogP contribution in [0.1, 0.15) is 10.3 Å². The third-order valence-electron chi connectivity index (χ3n) is 3.51. The van der Waals surface area contributed by atoms with Gasteiger partial charge in [-0.15, -0.1) is 11.3 Å². The van der Waals surface area contributed by atoms with Gasteiger partial charge in [0.1, 0.15) is 0 Å². The van der Waals surface area contributed by atoms with Crippen LogP contribution in [-0.4, -0.2) is 8.42 Å². The lowest BCUT2D eigenvalue weighted by molar-refractivity contribution is 0.593. The molecular formula is C17H12Cl4N2O2S2. The first kappa shape index (κ1) is 20.6. The molecule has 0 radical (unpaired) electrons. The molecule has 3 rings (SSSR count). The third kappa shape index (κ3) is 5.02. The van der Waals surface area contributed by atoms with Crippen molar-refractivity contribution in [3.8, 4) is 0 Å². The zero-order chi connectivity index (χ0) is 19.6. The molecule has 1 unspecified atom stereocenters. The molecule has 0 spiro atoms. The average Bonchev–Trinajstić information content (AvgIpc) is 3.13. The molecule has 0 saturated heterocycles. The zero-order valence-electron chi connectivity index (χ0n) is 13.4. The molecule has 10 heteroatoms. The lowest BCUT2D eigenvalue weighted by atomic mass is 10.3. The van der Waals surface area contributed by atoms with Gasteiger partial charge >= 0.3 is 0 Å². The SMILES string of the molecule is O=S(=O)(Nc1ccc(Cl)c(Cl)c1)C(Nc1ccc(Cl)c(Cl)c1)c1cccs1. The molecule has 2 N–H and O–H groups in total. The van der Waals surface area contributed by atoms with Gasteiger partial charge in [0.15, 0.2) is 5.37 Å². The van der Waals surface area contributed by atoms with Gasteiger partial charge in [0.25, 0.3) is 10.0 Å². The second kappa shape index (κ2) is 8.47. The minimum absolute atomic E-state index is 0.252. The van der Waals surface area contributed by atoms with Crippen LogP contribution in [0.4, 0.5) is 11.4 Å². The second-order valence-corrected chi connectivity index (χ2v) is 9.82. The van der Waals surface area contributed by atoms with E-state index in [2.05, 4.69) is 10.0 Å². The normalized spacial score (nSPS) is 12.6. The Bertz CT molecular complexity index is 1060. The van der Waals surface area contributed by atoms with E-state index < -0.39 is 15.4 Å². The summed E-state index contributed by atoms with van der Waals surface area (Å²) in [5, 5.41) is 5.03. The Morgan fingerprint density at radius 1 is 0.815 bits per heavy atom. The van der Waals surface area contributed by atoms with Crippen molar-refractivity contribution < 1.29 is 8.42 Å². The molecule has 1 atom stereocenters. The minimum atomic E-state index is -3.88. The molecular weight excluding hydrogens is 470 g/mol. The number of hydrogen-bond acceptors (Lipinski definition) is 4. The van der Waals surface area contributed by atoms with Gasteiger partial charge < -0.3 is 5.32 Å². The van der Waals surface area contributed by atoms with E-state index in [1.54, 1.807) is 35.7 Å². The van der Waals surface area contributed by atoms with E-state index in [9.17, 15) is 8.42 Å². The van der Waals surface area contributed by atoms with Gasteiger partial charge in [-0.3, -0.25) is 4.72 Å². The van der Waals surface area contributed by atoms with Crippen LogP contribution in [-0.2, 0) is 10.0 Å². The number of halogens is 4. The van der Waals surface area contributed by atoms with Crippen molar-refractivity contribution in [1.82, 2.24) is 0 Å². The molecule has 27 heavy (non-hydrogen) atoms. The number of rotatable bonds is 6. The molecule has 0 amide bonds. The topological polar surface area (TPSA) is 58.2 Å². The third-order valence-corrected chi connectivity index (χ3v) is 7.59. The number of anilines is 2. The molecule has 1 heterocycles. The zero-order valence-corrected chi connectivity index (χ0v) is 18.1. The van der Waals surface area contributed by atoms with Crippen LogP contribution in [0.25, 0.3) is 0 Å². The fourth-order valence-electron chi connectivity index (χ4n) is 2.26. The van der Waals surface area contributed by atoms with Gasteiger partial charge in [-0.2, -0.15) is 0 Å². The summed E-state index contributed by atoms with van der Waals surface area (Å²) in [6, 6.07) is 12.8. The van der Waals surface area contributed by atoms with Gasteiger partial charge in [-0.25, -0.2) is 8.42 Å². The molecule has 0 aliphatic heterocycles. The van der Waals surface area contributed by atoms with E-state index in [0.29, 0.717) is 31.3 Å². The Labute approximate surface area is 181 Å². The smallest absolute Gasteiger partial charge is 0.259 e. The number of hydrogen-bond donors (Lipinski definition) is 2. The van der Waals surface area contributed by atoms with Crippen molar-refractivity contribution in [3.63, 3.8) is 0 Å². The maximum atomic E-state index is 13.0. The molecule has 3 aromatic rings. The Hall–Kier alpha value is -1.15. The summed E-state index contributed by atoms with van der Waals surface area (Å²) in [5.41, 5.74) is 0.823. The molecule has 0 fully saturated rings. The quantitative estimate of drug-likeness (QED) is 0.401. The second-order valence-electron chi connectivity index (χ2n) is 5.44. The largest absolute Gasteiger partial charge is 0.363 e. The maximum Gasteiger partial charge on any atom is 0.259 e. The Morgan fingerprint density at radius 2 is 1.41 bits per heavy atom. The predicted molar refractivity (Wildman–Crippen MR) is 116 cm³/mol. The van der Waals surface area contributed by atoms with Crippen molar-refractivity contribution in [2.24, 2.45) is 0 Å². The van der Waals surface area contributed by atoms with Gasteiger partial charge in [-0.05, 0) is 47.8 Å². The molecule has 1 aromatic heterocycles. The highest BCUT2D eigenvalue weighted by Crippen LogP contribution is 2.33. The van der Waals surface area contributed by atoms with Crippen molar-refractivity contribution in [2.45, 2.75) is 5.37 Å². The van der Waals surface area contributed by atoms with E-state index in [1.807, 2.05) is 0 Å². The molecule has 0 bridgehead atoms. The summed E-state index contributed by atoms with van der Waals surface area (Å²) in [4.78, 5) is 0.605. The van der Waals surface area contributed by atoms with E-state index in [1.165, 1.54) is 29.5 Å². The molecule has 0 aliphatic rings. The van der Waals surface area contributed by atoms with Crippen molar-refractivity contribution in [2.75, 3.05) is 10.0 Å². The van der Waals surface area contributed by atoms with Crippen LogP contribution in [0.15, 0.2) is 53.9 Å². The van der Waals surface area contributed by atoms with E-state index >= 15 is 0 Å². The summed E-state index contributed by atoms with van der Waals surface area (Å²) in [6.45, 7) is 0. The van der Waals surface area contributed by atoms with Gasteiger partial charge in [0, 0.05) is 10.6 Å². The van der Waals surface area contributed by atoms with Gasteiger partial charge in [-0.1, -0.05) is 52.5 Å². The van der Waals surface area contributed by atoms with Crippen LogP contribution in [0, 0.1) is 0 Å². The molecule has 4 nitrogen and oxygen atoms in total. The fourth-order valence-corrected chi connectivity index (χ4v) is 5.31. The van der Waals surface area contributed by atoms with Crippen LogP contribution in [0.3, 0.4) is 0 Å². The number of sulfonamides is 1. The summed E-state index contributed by atoms with van der Waals surface area (Å²) < 4.78 is 28.6. The highest BCUT2D eigenvalue weighted by Gasteiger charge is 2.28. The van der Waals surface area contributed by atoms with Gasteiger partial charge in [0.05, 0.1) is 25.8 Å². The highest BCUT2D eigenvalue weighted by atomic mass is 35.5. The van der Waals surface area contributed by atoms with E-state index in [0.717, 1.165) is 0 Å². The number of benzene rings is 2. The lowest BCUT2D eigenvalue weighted by Gasteiger charge is -2.21. The standard InChI is InChI=1S/C17H12Cl4N2O2S2/c18-12-5-3-10(8-14(12)20)22-17(16-2-1-7-26-16)27(24,25)23-11-4-6-13(19)15(21)9-11/h1-9,17,22-23H. The summed E-state index contributed by atoms with van der Waals surface area (Å²) in [7, 11) is -3.88. The van der Waals surface area contributed by atoms with Crippen molar-refractivity contribution >= 4 is 79.1 Å². The maximum absolute atomic E-state index is 13.0. The van der Waals surface area contributed by atoms with E-state index in [4.69, 9.17) is 46.4 Å². The molecule has 2 aromatic carbocycles.